The summed E-state index contributed by atoms with van der Waals surface area (Å²) >= 11 is 0. The minimum absolute atomic E-state index is 0.0637. The molecular formula is C14H20N2O2. The van der Waals surface area contributed by atoms with E-state index in [-0.39, 0.29) is 12.5 Å². The standard InChI is InChI=1S/C14H20N2O2/c1-11-7-13(9-15-8-11)14(18)16-5-2-3-12(10-16)4-6-17/h7-9,12,17H,2-6,10H2,1H3. The molecule has 1 N–H and O–H groups in total. The molecule has 0 aromatic carbocycles. The molecule has 1 saturated heterocycles. The van der Waals surface area contributed by atoms with Crippen LogP contribution in [0, 0.1) is 12.8 Å². The second-order valence-corrected chi connectivity index (χ2v) is 5.02. The van der Waals surface area contributed by atoms with E-state index in [1.165, 1.54) is 0 Å². The number of carbonyl (C=O) groups is 1. The first kappa shape index (κ1) is 13.0. The van der Waals surface area contributed by atoms with Crippen molar-refractivity contribution < 1.29 is 9.90 Å². The monoisotopic (exact) mass is 248 g/mol. The summed E-state index contributed by atoms with van der Waals surface area (Å²) in [6.45, 7) is 3.72. The number of likely N-dealkylation sites (tertiary alicyclic amines) is 1. The number of hydrogen-bond acceptors (Lipinski definition) is 3. The average Bonchev–Trinajstić information content (AvgIpc) is 2.39. The lowest BCUT2D eigenvalue weighted by molar-refractivity contribution is 0.0653. The summed E-state index contributed by atoms with van der Waals surface area (Å²) in [5, 5.41) is 8.98. The van der Waals surface area contributed by atoms with E-state index in [0.29, 0.717) is 11.5 Å². The number of aliphatic hydroxyl groups is 1. The highest BCUT2D eigenvalue weighted by atomic mass is 16.3. The molecule has 1 aromatic rings. The van der Waals surface area contributed by atoms with Crippen molar-refractivity contribution in [1.29, 1.82) is 0 Å². The topological polar surface area (TPSA) is 53.4 Å². The number of aromatic nitrogens is 1. The Morgan fingerprint density at radius 1 is 1.56 bits per heavy atom. The Morgan fingerprint density at radius 2 is 2.39 bits per heavy atom. The zero-order chi connectivity index (χ0) is 13.0. The maximum Gasteiger partial charge on any atom is 0.255 e. The van der Waals surface area contributed by atoms with Gasteiger partial charge in [-0.2, -0.15) is 0 Å². The summed E-state index contributed by atoms with van der Waals surface area (Å²) in [6.07, 6.45) is 6.30. The molecule has 4 nitrogen and oxygen atoms in total. The van der Waals surface area contributed by atoms with Gasteiger partial charge in [0.15, 0.2) is 0 Å². The van der Waals surface area contributed by atoms with Gasteiger partial charge < -0.3 is 10.0 Å². The summed E-state index contributed by atoms with van der Waals surface area (Å²) in [5.41, 5.74) is 1.67. The summed E-state index contributed by atoms with van der Waals surface area (Å²) in [5.74, 6) is 0.499. The van der Waals surface area contributed by atoms with Crippen LogP contribution < -0.4 is 0 Å². The van der Waals surface area contributed by atoms with Crippen LogP contribution in [0.25, 0.3) is 0 Å². The number of carbonyl (C=O) groups excluding carboxylic acids is 1. The lowest BCUT2D eigenvalue weighted by atomic mass is 9.95. The van der Waals surface area contributed by atoms with Gasteiger partial charge in [0, 0.05) is 32.1 Å². The Bertz CT molecular complexity index is 418. The van der Waals surface area contributed by atoms with Crippen molar-refractivity contribution in [2.24, 2.45) is 5.92 Å². The van der Waals surface area contributed by atoms with Crippen LogP contribution >= 0.6 is 0 Å². The molecule has 1 unspecified atom stereocenters. The maximum atomic E-state index is 12.3. The Morgan fingerprint density at radius 3 is 3.11 bits per heavy atom. The molecule has 1 aliphatic heterocycles. The molecule has 18 heavy (non-hydrogen) atoms. The SMILES string of the molecule is Cc1cncc(C(=O)N2CCCC(CCO)C2)c1. The van der Waals surface area contributed by atoms with Gasteiger partial charge in [-0.15, -0.1) is 0 Å². The molecule has 4 heteroatoms. The third-order valence-corrected chi connectivity index (χ3v) is 3.47. The van der Waals surface area contributed by atoms with Crippen molar-refractivity contribution in [3.8, 4) is 0 Å². The van der Waals surface area contributed by atoms with E-state index in [9.17, 15) is 4.79 Å². The second-order valence-electron chi connectivity index (χ2n) is 5.02. The first-order valence-electron chi connectivity index (χ1n) is 6.52. The highest BCUT2D eigenvalue weighted by molar-refractivity contribution is 5.94. The van der Waals surface area contributed by atoms with Crippen molar-refractivity contribution in [2.75, 3.05) is 19.7 Å². The normalized spacial score (nSPS) is 19.9. The van der Waals surface area contributed by atoms with Crippen LogP contribution in [0.5, 0.6) is 0 Å². The van der Waals surface area contributed by atoms with Crippen molar-refractivity contribution in [3.05, 3.63) is 29.6 Å². The molecule has 0 bridgehead atoms. The van der Waals surface area contributed by atoms with Crippen LogP contribution in [0.15, 0.2) is 18.5 Å². The van der Waals surface area contributed by atoms with Crippen LogP contribution in [0.4, 0.5) is 0 Å². The Kier molecular flexibility index (Phi) is 4.31. The highest BCUT2D eigenvalue weighted by Gasteiger charge is 2.24. The highest BCUT2D eigenvalue weighted by Crippen LogP contribution is 2.20. The van der Waals surface area contributed by atoms with Crippen molar-refractivity contribution >= 4 is 5.91 Å². The van der Waals surface area contributed by atoms with Gasteiger partial charge in [0.25, 0.3) is 5.91 Å². The van der Waals surface area contributed by atoms with Crippen LogP contribution in [-0.4, -0.2) is 40.6 Å². The molecule has 0 aliphatic carbocycles. The Balaban J connectivity index is 2.04. The van der Waals surface area contributed by atoms with E-state index < -0.39 is 0 Å². The number of amides is 1. The summed E-state index contributed by atoms with van der Waals surface area (Å²) in [4.78, 5) is 18.3. The summed E-state index contributed by atoms with van der Waals surface area (Å²) in [6, 6.07) is 1.88. The first-order valence-corrected chi connectivity index (χ1v) is 6.52. The zero-order valence-corrected chi connectivity index (χ0v) is 10.8. The number of aliphatic hydroxyl groups excluding tert-OH is 1. The molecular weight excluding hydrogens is 228 g/mol. The zero-order valence-electron chi connectivity index (χ0n) is 10.8. The second kappa shape index (κ2) is 5.96. The van der Waals surface area contributed by atoms with Crippen LogP contribution in [0.2, 0.25) is 0 Å². The average molecular weight is 248 g/mol. The predicted octanol–water partition coefficient (Wildman–Crippen LogP) is 1.62. The van der Waals surface area contributed by atoms with Gasteiger partial charge in [-0.3, -0.25) is 9.78 Å². The molecule has 0 saturated carbocycles. The fourth-order valence-corrected chi connectivity index (χ4v) is 2.52. The fourth-order valence-electron chi connectivity index (χ4n) is 2.52. The molecule has 2 rings (SSSR count). The van der Waals surface area contributed by atoms with E-state index in [2.05, 4.69) is 4.98 Å². The van der Waals surface area contributed by atoms with E-state index in [0.717, 1.165) is 37.9 Å². The van der Waals surface area contributed by atoms with Gasteiger partial charge in [-0.25, -0.2) is 0 Å². The van der Waals surface area contributed by atoms with Crippen molar-refractivity contribution in [2.45, 2.75) is 26.2 Å². The lowest BCUT2D eigenvalue weighted by Gasteiger charge is -2.32. The quantitative estimate of drug-likeness (QED) is 0.884. The first-order chi connectivity index (χ1) is 8.70. The minimum atomic E-state index is 0.0637. The number of piperidine rings is 1. The van der Waals surface area contributed by atoms with Gasteiger partial charge in [0.05, 0.1) is 5.56 Å². The molecule has 98 valence electrons. The molecule has 1 fully saturated rings. The van der Waals surface area contributed by atoms with Gasteiger partial charge in [-0.05, 0) is 43.7 Å². The number of pyridine rings is 1. The predicted molar refractivity (Wildman–Crippen MR) is 69.3 cm³/mol. The minimum Gasteiger partial charge on any atom is -0.396 e. The van der Waals surface area contributed by atoms with Gasteiger partial charge >= 0.3 is 0 Å². The van der Waals surface area contributed by atoms with E-state index in [1.807, 2.05) is 17.9 Å². The molecule has 0 radical (unpaired) electrons. The van der Waals surface area contributed by atoms with Crippen LogP contribution in [-0.2, 0) is 0 Å². The fraction of sp³-hybridized carbons (Fsp3) is 0.571. The lowest BCUT2D eigenvalue weighted by Crippen LogP contribution is -2.40. The van der Waals surface area contributed by atoms with Gasteiger partial charge in [0.2, 0.25) is 0 Å². The molecule has 1 aromatic heterocycles. The number of nitrogens with zero attached hydrogens (tertiary/aromatic N) is 2. The number of aryl methyl sites for hydroxylation is 1. The largest absolute Gasteiger partial charge is 0.396 e. The molecule has 0 spiro atoms. The summed E-state index contributed by atoms with van der Waals surface area (Å²) < 4.78 is 0. The summed E-state index contributed by atoms with van der Waals surface area (Å²) in [7, 11) is 0. The Hall–Kier alpha value is -1.42. The third kappa shape index (κ3) is 3.07. The molecule has 1 amide bonds. The maximum absolute atomic E-state index is 12.3. The van der Waals surface area contributed by atoms with Crippen molar-refractivity contribution in [3.63, 3.8) is 0 Å². The Labute approximate surface area is 108 Å². The van der Waals surface area contributed by atoms with Crippen molar-refractivity contribution in [1.82, 2.24) is 9.88 Å². The van der Waals surface area contributed by atoms with Gasteiger partial charge in [-0.1, -0.05) is 0 Å². The molecule has 2 heterocycles. The number of hydrogen-bond donors (Lipinski definition) is 1. The smallest absolute Gasteiger partial charge is 0.255 e. The van der Waals surface area contributed by atoms with Crippen LogP contribution in [0.3, 0.4) is 0 Å². The van der Waals surface area contributed by atoms with Gasteiger partial charge in [0.1, 0.15) is 0 Å². The number of rotatable bonds is 3. The van der Waals surface area contributed by atoms with Crippen LogP contribution in [0.1, 0.15) is 35.2 Å². The van der Waals surface area contributed by atoms with E-state index >= 15 is 0 Å². The molecule has 1 atom stereocenters. The van der Waals surface area contributed by atoms with E-state index in [1.54, 1.807) is 12.4 Å². The van der Waals surface area contributed by atoms with E-state index in [4.69, 9.17) is 5.11 Å². The molecule has 1 aliphatic rings. The third-order valence-electron chi connectivity index (χ3n) is 3.47.